The number of anilines is 1. The molecule has 0 bridgehead atoms. The molecule has 2 aromatic carbocycles. The van der Waals surface area contributed by atoms with Gasteiger partial charge in [-0.05, 0) is 36.4 Å². The lowest BCUT2D eigenvalue weighted by atomic mass is 10.1. The molecule has 0 fully saturated rings. The molecule has 2 rings (SSSR count). The van der Waals surface area contributed by atoms with Crippen LogP contribution in [0.4, 0.5) is 5.69 Å². The molecule has 0 saturated heterocycles. The summed E-state index contributed by atoms with van der Waals surface area (Å²) in [7, 11) is 0. The Balaban J connectivity index is 2.27. The number of benzene rings is 2. The highest BCUT2D eigenvalue weighted by Crippen LogP contribution is 2.23. The number of rotatable bonds is 3. The molecule has 108 valence electrons. The maximum atomic E-state index is 12.1. The summed E-state index contributed by atoms with van der Waals surface area (Å²) in [5, 5.41) is 21.3. The van der Waals surface area contributed by atoms with E-state index in [9.17, 15) is 14.7 Å². The highest BCUT2D eigenvalue weighted by Gasteiger charge is 2.13. The van der Waals surface area contributed by atoms with Crippen LogP contribution in [0.25, 0.3) is 0 Å². The Labute approximate surface area is 133 Å². The molecule has 0 saturated carbocycles. The topological polar surface area (TPSA) is 86.6 Å². The van der Waals surface area contributed by atoms with Gasteiger partial charge in [0.2, 0.25) is 0 Å². The molecule has 21 heavy (non-hydrogen) atoms. The number of amides is 1. The fourth-order valence-corrected chi connectivity index (χ4v) is 2.53. The third-order valence-electron chi connectivity index (χ3n) is 2.61. The van der Waals surface area contributed by atoms with E-state index in [1.807, 2.05) is 0 Å². The molecule has 0 atom stereocenters. The van der Waals surface area contributed by atoms with Crippen LogP contribution in [0.2, 0.25) is 5.02 Å². The van der Waals surface area contributed by atoms with Crippen molar-refractivity contribution in [2.24, 2.45) is 0 Å². The van der Waals surface area contributed by atoms with Gasteiger partial charge in [0.25, 0.3) is 5.91 Å². The van der Waals surface area contributed by atoms with Gasteiger partial charge in [-0.3, -0.25) is 4.79 Å². The summed E-state index contributed by atoms with van der Waals surface area (Å²) in [6.07, 6.45) is 0. The zero-order valence-electron chi connectivity index (χ0n) is 10.4. The van der Waals surface area contributed by atoms with E-state index in [-0.39, 0.29) is 17.0 Å². The Bertz CT molecular complexity index is 713. The summed E-state index contributed by atoms with van der Waals surface area (Å²) >= 11 is 9.10. The highest BCUT2D eigenvalue weighted by molar-refractivity contribution is 9.10. The Morgan fingerprint density at radius 2 is 1.86 bits per heavy atom. The predicted molar refractivity (Wildman–Crippen MR) is 82.2 cm³/mol. The molecule has 0 spiro atoms. The van der Waals surface area contributed by atoms with E-state index in [0.29, 0.717) is 15.1 Å². The minimum atomic E-state index is -1.28. The summed E-state index contributed by atoms with van der Waals surface area (Å²) in [6, 6.07) is 8.49. The summed E-state index contributed by atoms with van der Waals surface area (Å²) in [6.45, 7) is 0. The van der Waals surface area contributed by atoms with Crippen molar-refractivity contribution < 1.29 is 19.8 Å². The van der Waals surface area contributed by atoms with Gasteiger partial charge in [-0.2, -0.15) is 0 Å². The van der Waals surface area contributed by atoms with Gasteiger partial charge < -0.3 is 15.5 Å². The number of carbonyl (C=O) groups excluding carboxylic acids is 1. The lowest BCUT2D eigenvalue weighted by molar-refractivity contribution is 0.0693. The van der Waals surface area contributed by atoms with Crippen molar-refractivity contribution in [1.29, 1.82) is 0 Å². The number of nitrogens with one attached hydrogen (secondary N) is 1. The normalized spacial score (nSPS) is 10.2. The van der Waals surface area contributed by atoms with Gasteiger partial charge in [0.15, 0.2) is 0 Å². The Hall–Kier alpha value is -2.05. The number of hydrogen-bond donors (Lipinski definition) is 3. The van der Waals surface area contributed by atoms with Crippen molar-refractivity contribution in [2.75, 3.05) is 5.32 Å². The Morgan fingerprint density at radius 3 is 2.48 bits per heavy atom. The monoisotopic (exact) mass is 369 g/mol. The fraction of sp³-hybridized carbons (Fsp3) is 0. The Morgan fingerprint density at radius 1 is 1.14 bits per heavy atom. The van der Waals surface area contributed by atoms with Crippen molar-refractivity contribution in [2.45, 2.75) is 0 Å². The smallest absolute Gasteiger partial charge is 0.339 e. The second kappa shape index (κ2) is 6.15. The third-order valence-corrected chi connectivity index (χ3v) is 3.29. The van der Waals surface area contributed by atoms with Crippen LogP contribution in [-0.4, -0.2) is 22.1 Å². The standard InChI is InChI=1S/C14H9BrClNO4/c15-8-3-7(4-9(16)5-8)13(19)17-10-1-2-12(18)11(6-10)14(20)21/h1-6,18H,(H,17,19)(H,20,21). The molecule has 7 heteroatoms. The van der Waals surface area contributed by atoms with Gasteiger partial charge >= 0.3 is 5.97 Å². The summed E-state index contributed by atoms with van der Waals surface area (Å²) in [4.78, 5) is 23.0. The molecule has 0 aliphatic carbocycles. The van der Waals surface area contributed by atoms with Crippen LogP contribution in [0.1, 0.15) is 20.7 Å². The van der Waals surface area contributed by atoms with Gasteiger partial charge in [-0.15, -0.1) is 0 Å². The van der Waals surface area contributed by atoms with Crippen LogP contribution < -0.4 is 5.32 Å². The second-order valence-electron chi connectivity index (χ2n) is 4.15. The zero-order valence-corrected chi connectivity index (χ0v) is 12.8. The number of hydrogen-bond acceptors (Lipinski definition) is 3. The molecule has 0 heterocycles. The van der Waals surface area contributed by atoms with Crippen LogP contribution >= 0.6 is 27.5 Å². The first kappa shape index (κ1) is 15.3. The van der Waals surface area contributed by atoms with Gasteiger partial charge in [0.05, 0.1) is 0 Å². The molecule has 2 aromatic rings. The molecule has 0 radical (unpaired) electrons. The summed E-state index contributed by atoms with van der Waals surface area (Å²) in [5.74, 6) is -2.10. The van der Waals surface area contributed by atoms with E-state index in [2.05, 4.69) is 21.2 Å². The molecule has 1 amide bonds. The number of phenols is 1. The largest absolute Gasteiger partial charge is 0.507 e. The minimum Gasteiger partial charge on any atom is -0.507 e. The van der Waals surface area contributed by atoms with Crippen molar-refractivity contribution in [1.82, 2.24) is 0 Å². The highest BCUT2D eigenvalue weighted by atomic mass is 79.9. The lowest BCUT2D eigenvalue weighted by Gasteiger charge is -2.08. The van der Waals surface area contributed by atoms with Crippen molar-refractivity contribution in [3.05, 3.63) is 57.0 Å². The molecular weight excluding hydrogens is 362 g/mol. The van der Waals surface area contributed by atoms with Crippen molar-refractivity contribution in [3.63, 3.8) is 0 Å². The Kier molecular flexibility index (Phi) is 4.50. The van der Waals surface area contributed by atoms with Crippen LogP contribution in [0.3, 0.4) is 0 Å². The van der Waals surface area contributed by atoms with Crippen molar-refractivity contribution >= 4 is 45.1 Å². The maximum absolute atomic E-state index is 12.1. The van der Waals surface area contributed by atoms with Gasteiger partial charge in [0.1, 0.15) is 11.3 Å². The van der Waals surface area contributed by atoms with E-state index in [0.717, 1.165) is 0 Å². The maximum Gasteiger partial charge on any atom is 0.339 e. The first-order valence-corrected chi connectivity index (χ1v) is 6.87. The first-order valence-electron chi connectivity index (χ1n) is 5.70. The van der Waals surface area contributed by atoms with E-state index >= 15 is 0 Å². The van der Waals surface area contributed by atoms with Crippen LogP contribution in [-0.2, 0) is 0 Å². The van der Waals surface area contributed by atoms with Gasteiger partial charge in [-0.1, -0.05) is 27.5 Å². The molecular formula is C14H9BrClNO4. The minimum absolute atomic E-state index is 0.256. The van der Waals surface area contributed by atoms with Gasteiger partial charge in [-0.25, -0.2) is 4.79 Å². The number of carboxylic acids is 1. The van der Waals surface area contributed by atoms with Crippen LogP contribution in [0.15, 0.2) is 40.9 Å². The van der Waals surface area contributed by atoms with E-state index in [1.165, 1.54) is 24.3 Å². The predicted octanol–water partition coefficient (Wildman–Crippen LogP) is 3.76. The van der Waals surface area contributed by atoms with Crippen molar-refractivity contribution in [3.8, 4) is 5.75 Å². The molecule has 5 nitrogen and oxygen atoms in total. The lowest BCUT2D eigenvalue weighted by Crippen LogP contribution is -2.12. The number of aromatic carboxylic acids is 1. The average molecular weight is 371 g/mol. The second-order valence-corrected chi connectivity index (χ2v) is 5.50. The van der Waals surface area contributed by atoms with Gasteiger partial charge in [0, 0.05) is 20.7 Å². The van der Waals surface area contributed by atoms with Crippen LogP contribution in [0.5, 0.6) is 5.75 Å². The SMILES string of the molecule is O=C(Nc1ccc(O)c(C(=O)O)c1)c1cc(Cl)cc(Br)c1. The van der Waals surface area contributed by atoms with E-state index < -0.39 is 11.9 Å². The quantitative estimate of drug-likeness (QED) is 0.718. The summed E-state index contributed by atoms with van der Waals surface area (Å²) in [5.41, 5.74) is 0.283. The summed E-state index contributed by atoms with van der Waals surface area (Å²) < 4.78 is 0.650. The molecule has 0 unspecified atom stereocenters. The fourth-order valence-electron chi connectivity index (χ4n) is 1.67. The zero-order chi connectivity index (χ0) is 15.6. The first-order chi connectivity index (χ1) is 9.86. The number of aromatic hydroxyl groups is 1. The van der Waals surface area contributed by atoms with Crippen LogP contribution in [0, 0.1) is 0 Å². The number of carboxylic acid groups (broad SMARTS) is 1. The molecule has 0 aliphatic rings. The van der Waals surface area contributed by atoms with E-state index in [4.69, 9.17) is 16.7 Å². The molecule has 0 aromatic heterocycles. The number of halogens is 2. The molecule has 3 N–H and O–H groups in total. The third kappa shape index (κ3) is 3.74. The van der Waals surface area contributed by atoms with E-state index in [1.54, 1.807) is 12.1 Å². The molecule has 0 aliphatic heterocycles. The number of carbonyl (C=O) groups is 2. The average Bonchev–Trinajstić information content (AvgIpc) is 2.39.